The highest BCUT2D eigenvalue weighted by atomic mass is 16.6. The van der Waals surface area contributed by atoms with Gasteiger partial charge in [-0.25, -0.2) is 0 Å². The lowest BCUT2D eigenvalue weighted by Crippen LogP contribution is -2.57. The fraction of sp³-hybridized carbons (Fsp3) is 1.00. The van der Waals surface area contributed by atoms with Crippen LogP contribution in [0.25, 0.3) is 0 Å². The first-order valence-electron chi connectivity index (χ1n) is 4.26. The van der Waals surface area contributed by atoms with Crippen LogP contribution >= 0.6 is 0 Å². The van der Waals surface area contributed by atoms with Crippen molar-refractivity contribution in [2.75, 3.05) is 13.2 Å². The molecule has 2 saturated heterocycles. The summed E-state index contributed by atoms with van der Waals surface area (Å²) in [6, 6.07) is 0. The van der Waals surface area contributed by atoms with Crippen LogP contribution in [0.2, 0.25) is 0 Å². The first-order valence-corrected chi connectivity index (χ1v) is 4.26. The molecule has 2 aliphatic heterocycles. The van der Waals surface area contributed by atoms with Crippen molar-refractivity contribution in [3.8, 4) is 0 Å². The number of aliphatic hydroxyl groups is 2. The molecule has 0 bridgehead atoms. The Kier molecular flexibility index (Phi) is 1.88. The zero-order valence-corrected chi connectivity index (χ0v) is 7.06. The predicted octanol–water partition coefficient (Wildman–Crippen LogP) is -0.714. The minimum Gasteiger partial charge on any atom is -0.390 e. The lowest BCUT2D eigenvalue weighted by molar-refractivity contribution is -0.198. The van der Waals surface area contributed by atoms with Crippen molar-refractivity contribution in [1.82, 2.24) is 0 Å². The first kappa shape index (κ1) is 8.44. The zero-order chi connectivity index (χ0) is 8.77. The lowest BCUT2D eigenvalue weighted by Gasteiger charge is -2.40. The molecule has 2 heterocycles. The number of epoxide rings is 1. The zero-order valence-electron chi connectivity index (χ0n) is 7.06. The number of aliphatic hydroxyl groups excluding tert-OH is 1. The Hall–Kier alpha value is -0.160. The van der Waals surface area contributed by atoms with Crippen LogP contribution < -0.4 is 0 Å². The summed E-state index contributed by atoms with van der Waals surface area (Å²) in [4.78, 5) is 0. The number of ether oxygens (including phenoxy) is 2. The summed E-state index contributed by atoms with van der Waals surface area (Å²) in [6.45, 7) is 2.73. The van der Waals surface area contributed by atoms with Gasteiger partial charge in [0.2, 0.25) is 0 Å². The molecule has 4 nitrogen and oxygen atoms in total. The molecule has 3 unspecified atom stereocenters. The van der Waals surface area contributed by atoms with Gasteiger partial charge in [-0.2, -0.15) is 0 Å². The maximum atomic E-state index is 9.86. The summed E-state index contributed by atoms with van der Waals surface area (Å²) < 4.78 is 10.4. The van der Waals surface area contributed by atoms with Gasteiger partial charge >= 0.3 is 0 Å². The van der Waals surface area contributed by atoms with Gasteiger partial charge in [-0.3, -0.25) is 0 Å². The standard InChI is InChI=1S/C8H14O4/c1-8(10)6(9)2-3-11-7(8)5-4-12-5/h5-7,9-10H,2-4H2,1H3/t5?,6?,7?,8-/m0/s1. The normalized spacial score (nSPS) is 53.8. The smallest absolute Gasteiger partial charge is 0.117 e. The Morgan fingerprint density at radius 1 is 1.42 bits per heavy atom. The molecule has 2 fully saturated rings. The Morgan fingerprint density at radius 3 is 2.67 bits per heavy atom. The maximum Gasteiger partial charge on any atom is 0.117 e. The van der Waals surface area contributed by atoms with Crippen LogP contribution in [0.5, 0.6) is 0 Å². The largest absolute Gasteiger partial charge is 0.390 e. The van der Waals surface area contributed by atoms with Crippen molar-refractivity contribution in [3.05, 3.63) is 0 Å². The second-order valence-corrected chi connectivity index (χ2v) is 3.69. The average molecular weight is 174 g/mol. The van der Waals surface area contributed by atoms with Gasteiger partial charge in [-0.05, 0) is 13.3 Å². The molecule has 0 aromatic carbocycles. The molecule has 0 radical (unpaired) electrons. The van der Waals surface area contributed by atoms with Crippen LogP contribution in [-0.4, -0.2) is 47.3 Å². The minimum absolute atomic E-state index is 0.0186. The minimum atomic E-state index is -1.15. The van der Waals surface area contributed by atoms with Crippen LogP contribution in [-0.2, 0) is 9.47 Å². The highest BCUT2D eigenvalue weighted by Crippen LogP contribution is 2.33. The van der Waals surface area contributed by atoms with Gasteiger partial charge in [-0.15, -0.1) is 0 Å². The van der Waals surface area contributed by atoms with E-state index in [1.54, 1.807) is 6.92 Å². The Labute approximate surface area is 71.1 Å². The van der Waals surface area contributed by atoms with E-state index in [2.05, 4.69) is 0 Å². The van der Waals surface area contributed by atoms with E-state index in [1.165, 1.54) is 0 Å². The molecule has 12 heavy (non-hydrogen) atoms. The highest BCUT2D eigenvalue weighted by Gasteiger charge is 2.51. The molecule has 4 atom stereocenters. The second-order valence-electron chi connectivity index (χ2n) is 3.69. The van der Waals surface area contributed by atoms with E-state index in [9.17, 15) is 10.2 Å². The van der Waals surface area contributed by atoms with Gasteiger partial charge in [0.05, 0.1) is 12.7 Å². The van der Waals surface area contributed by atoms with Gasteiger partial charge in [0.1, 0.15) is 17.8 Å². The van der Waals surface area contributed by atoms with Gasteiger partial charge in [-0.1, -0.05) is 0 Å². The molecule has 2 N–H and O–H groups in total. The highest BCUT2D eigenvalue weighted by molar-refractivity contribution is 5.00. The quantitative estimate of drug-likeness (QED) is 0.515. The topological polar surface area (TPSA) is 62.2 Å². The summed E-state index contributed by atoms with van der Waals surface area (Å²) in [6.07, 6.45) is -0.576. The average Bonchev–Trinajstić information content (AvgIpc) is 2.77. The van der Waals surface area contributed by atoms with Crippen molar-refractivity contribution >= 4 is 0 Å². The van der Waals surface area contributed by atoms with E-state index in [1.807, 2.05) is 0 Å². The molecule has 0 amide bonds. The van der Waals surface area contributed by atoms with Gasteiger partial charge in [0, 0.05) is 6.61 Å². The number of hydrogen-bond donors (Lipinski definition) is 2. The van der Waals surface area contributed by atoms with Crippen molar-refractivity contribution in [3.63, 3.8) is 0 Å². The van der Waals surface area contributed by atoms with E-state index in [0.717, 1.165) is 0 Å². The van der Waals surface area contributed by atoms with E-state index >= 15 is 0 Å². The Balaban J connectivity index is 2.09. The molecule has 0 aromatic rings. The second kappa shape index (κ2) is 2.67. The van der Waals surface area contributed by atoms with E-state index in [4.69, 9.17) is 9.47 Å². The summed E-state index contributed by atoms with van der Waals surface area (Å²) in [5, 5.41) is 19.4. The number of rotatable bonds is 1. The SMILES string of the molecule is C[C@]1(O)C(O)CCOC1C1CO1. The molecule has 70 valence electrons. The summed E-state index contributed by atoms with van der Waals surface area (Å²) in [7, 11) is 0. The van der Waals surface area contributed by atoms with Crippen molar-refractivity contribution in [1.29, 1.82) is 0 Å². The molecular formula is C8H14O4. The molecule has 0 aromatic heterocycles. The van der Waals surface area contributed by atoms with Crippen LogP contribution in [0, 0.1) is 0 Å². The molecule has 0 spiro atoms. The summed E-state index contributed by atoms with van der Waals surface area (Å²) >= 11 is 0. The molecule has 0 saturated carbocycles. The summed E-state index contributed by atoms with van der Waals surface area (Å²) in [5.74, 6) is 0. The fourth-order valence-electron chi connectivity index (χ4n) is 1.67. The van der Waals surface area contributed by atoms with Crippen molar-refractivity contribution in [2.24, 2.45) is 0 Å². The Morgan fingerprint density at radius 2 is 2.08 bits per heavy atom. The van der Waals surface area contributed by atoms with E-state index in [-0.39, 0.29) is 12.2 Å². The molecular weight excluding hydrogens is 160 g/mol. The van der Waals surface area contributed by atoms with Crippen molar-refractivity contribution < 1.29 is 19.7 Å². The maximum absolute atomic E-state index is 9.86. The fourth-order valence-corrected chi connectivity index (χ4v) is 1.67. The predicted molar refractivity (Wildman–Crippen MR) is 40.7 cm³/mol. The van der Waals surface area contributed by atoms with Crippen LogP contribution in [0.4, 0.5) is 0 Å². The third kappa shape index (κ3) is 1.25. The monoisotopic (exact) mass is 174 g/mol. The van der Waals surface area contributed by atoms with E-state index < -0.39 is 11.7 Å². The van der Waals surface area contributed by atoms with Gasteiger partial charge in [0.15, 0.2) is 0 Å². The van der Waals surface area contributed by atoms with Gasteiger partial charge < -0.3 is 19.7 Å². The molecule has 2 rings (SSSR count). The number of hydrogen-bond acceptors (Lipinski definition) is 4. The van der Waals surface area contributed by atoms with E-state index in [0.29, 0.717) is 19.6 Å². The molecule has 4 heteroatoms. The third-order valence-corrected chi connectivity index (χ3v) is 2.64. The van der Waals surface area contributed by atoms with Crippen molar-refractivity contribution in [2.45, 2.75) is 37.3 Å². The first-order chi connectivity index (χ1) is 5.62. The third-order valence-electron chi connectivity index (χ3n) is 2.64. The molecule has 0 aliphatic carbocycles. The van der Waals surface area contributed by atoms with Crippen LogP contribution in [0.3, 0.4) is 0 Å². The van der Waals surface area contributed by atoms with Crippen LogP contribution in [0.1, 0.15) is 13.3 Å². The summed E-state index contributed by atoms with van der Waals surface area (Å²) in [5.41, 5.74) is -1.15. The Bertz CT molecular complexity index is 176. The molecule has 2 aliphatic rings. The lowest BCUT2D eigenvalue weighted by atomic mass is 9.86. The van der Waals surface area contributed by atoms with Gasteiger partial charge in [0.25, 0.3) is 0 Å². The van der Waals surface area contributed by atoms with Crippen LogP contribution in [0.15, 0.2) is 0 Å².